The van der Waals surface area contributed by atoms with E-state index in [9.17, 15) is 14.9 Å². The molecule has 0 unspecified atom stereocenters. The van der Waals surface area contributed by atoms with Crippen molar-refractivity contribution in [1.29, 1.82) is 0 Å². The van der Waals surface area contributed by atoms with Crippen LogP contribution in [0.4, 0.5) is 5.69 Å². The lowest BCUT2D eigenvalue weighted by molar-refractivity contribution is -0.384. The van der Waals surface area contributed by atoms with Gasteiger partial charge < -0.3 is 5.32 Å². The van der Waals surface area contributed by atoms with Crippen LogP contribution in [0.2, 0.25) is 5.02 Å². The van der Waals surface area contributed by atoms with E-state index < -0.39 is 10.8 Å². The summed E-state index contributed by atoms with van der Waals surface area (Å²) in [5.74, 6) is -0.405. The summed E-state index contributed by atoms with van der Waals surface area (Å²) in [6.45, 7) is 2.19. The minimum absolute atomic E-state index is 0.000321. The lowest BCUT2D eigenvalue weighted by Crippen LogP contribution is -2.23. The lowest BCUT2D eigenvalue weighted by atomic mass is 10.2. The predicted octanol–water partition coefficient (Wildman–Crippen LogP) is 2.22. The Morgan fingerprint density at radius 3 is 2.81 bits per heavy atom. The number of carbonyl (C=O) groups is 1. The second-order valence-electron chi connectivity index (χ2n) is 4.48. The topological polar surface area (TPSA) is 90.1 Å². The Hall–Kier alpha value is -2.41. The standard InChI is InChI=1S/C13H13ClN4O3/c1-8-10(7-16-17(8)2)6-15-13(19)9-3-4-11(14)12(5-9)18(20)21/h3-5,7H,6H2,1-2H3,(H,15,19). The van der Waals surface area contributed by atoms with E-state index in [0.29, 0.717) is 6.54 Å². The minimum atomic E-state index is -0.621. The van der Waals surface area contributed by atoms with Crippen LogP contribution in [-0.4, -0.2) is 20.6 Å². The molecule has 0 aliphatic carbocycles. The number of carbonyl (C=O) groups excluding carboxylic acids is 1. The average molecular weight is 309 g/mol. The number of nitrogens with zero attached hydrogens (tertiary/aromatic N) is 3. The molecule has 2 aromatic rings. The molecular weight excluding hydrogens is 296 g/mol. The Balaban J connectivity index is 2.12. The Morgan fingerprint density at radius 1 is 1.52 bits per heavy atom. The zero-order valence-corrected chi connectivity index (χ0v) is 12.2. The maximum Gasteiger partial charge on any atom is 0.288 e. The van der Waals surface area contributed by atoms with Gasteiger partial charge in [0.1, 0.15) is 5.02 Å². The largest absolute Gasteiger partial charge is 0.348 e. The summed E-state index contributed by atoms with van der Waals surface area (Å²) in [6, 6.07) is 3.94. The fraction of sp³-hybridized carbons (Fsp3) is 0.231. The first-order valence-corrected chi connectivity index (χ1v) is 6.47. The van der Waals surface area contributed by atoms with Crippen molar-refractivity contribution in [3.8, 4) is 0 Å². The van der Waals surface area contributed by atoms with Crippen molar-refractivity contribution in [2.24, 2.45) is 7.05 Å². The van der Waals surface area contributed by atoms with Gasteiger partial charge in [0.15, 0.2) is 0 Å². The lowest BCUT2D eigenvalue weighted by Gasteiger charge is -2.05. The molecule has 0 bridgehead atoms. The van der Waals surface area contributed by atoms with Crippen LogP contribution in [0.15, 0.2) is 24.4 Å². The van der Waals surface area contributed by atoms with Crippen LogP contribution >= 0.6 is 11.6 Å². The molecule has 0 saturated heterocycles. The number of aromatic nitrogens is 2. The Bertz CT molecular complexity index is 711. The fourth-order valence-corrected chi connectivity index (χ4v) is 1.98. The van der Waals surface area contributed by atoms with Crippen LogP contribution in [0.5, 0.6) is 0 Å². The maximum absolute atomic E-state index is 12.0. The summed E-state index contributed by atoms with van der Waals surface area (Å²) < 4.78 is 1.70. The number of nitro benzene ring substituents is 1. The van der Waals surface area contributed by atoms with Crippen molar-refractivity contribution in [1.82, 2.24) is 15.1 Å². The van der Waals surface area contributed by atoms with Gasteiger partial charge in [-0.25, -0.2) is 0 Å². The Kier molecular flexibility index (Phi) is 4.23. The summed E-state index contributed by atoms with van der Waals surface area (Å²) in [7, 11) is 1.81. The normalized spacial score (nSPS) is 10.4. The molecule has 1 N–H and O–H groups in total. The van der Waals surface area contributed by atoms with Crippen molar-refractivity contribution < 1.29 is 9.72 Å². The van der Waals surface area contributed by atoms with E-state index in [2.05, 4.69) is 10.4 Å². The second kappa shape index (κ2) is 5.92. The number of halogens is 1. The van der Waals surface area contributed by atoms with Gasteiger partial charge in [0.2, 0.25) is 0 Å². The Labute approximate surface area is 125 Å². The summed E-state index contributed by atoms with van der Waals surface area (Å²) in [5.41, 5.74) is 1.72. The smallest absolute Gasteiger partial charge is 0.288 e. The van der Waals surface area contributed by atoms with E-state index >= 15 is 0 Å². The van der Waals surface area contributed by atoms with Crippen LogP contribution in [0.1, 0.15) is 21.6 Å². The molecule has 0 spiro atoms. The van der Waals surface area contributed by atoms with Crippen LogP contribution in [0, 0.1) is 17.0 Å². The summed E-state index contributed by atoms with van der Waals surface area (Å²) in [4.78, 5) is 22.2. The summed E-state index contributed by atoms with van der Waals surface area (Å²) in [6.07, 6.45) is 1.67. The molecule has 8 heteroatoms. The maximum atomic E-state index is 12.0. The third-order valence-corrected chi connectivity index (χ3v) is 3.50. The highest BCUT2D eigenvalue weighted by Crippen LogP contribution is 2.25. The van der Waals surface area contributed by atoms with Gasteiger partial charge in [0.05, 0.1) is 11.1 Å². The molecule has 0 aliphatic rings. The van der Waals surface area contributed by atoms with Crippen molar-refractivity contribution in [2.45, 2.75) is 13.5 Å². The molecule has 0 atom stereocenters. The number of aryl methyl sites for hydroxylation is 1. The molecule has 110 valence electrons. The SMILES string of the molecule is Cc1c(CNC(=O)c2ccc(Cl)c([N+](=O)[O-])c2)cnn1C. The highest BCUT2D eigenvalue weighted by atomic mass is 35.5. The molecule has 0 aliphatic heterocycles. The third kappa shape index (κ3) is 3.19. The van der Waals surface area contributed by atoms with Crippen LogP contribution in [-0.2, 0) is 13.6 Å². The number of nitrogens with one attached hydrogen (secondary N) is 1. The predicted molar refractivity (Wildman–Crippen MR) is 77.2 cm³/mol. The number of amides is 1. The summed E-state index contributed by atoms with van der Waals surface area (Å²) >= 11 is 5.71. The van der Waals surface area contributed by atoms with Crippen molar-refractivity contribution >= 4 is 23.2 Å². The monoisotopic (exact) mass is 308 g/mol. The van der Waals surface area contributed by atoms with Gasteiger partial charge in [-0.15, -0.1) is 0 Å². The van der Waals surface area contributed by atoms with Gasteiger partial charge >= 0.3 is 0 Å². The molecule has 0 saturated carbocycles. The molecule has 0 fully saturated rings. The van der Waals surface area contributed by atoms with Crippen LogP contribution in [0.3, 0.4) is 0 Å². The fourth-order valence-electron chi connectivity index (χ4n) is 1.79. The van der Waals surface area contributed by atoms with Crippen LogP contribution in [0.25, 0.3) is 0 Å². The first-order chi connectivity index (χ1) is 9.90. The molecule has 1 aromatic heterocycles. The number of benzene rings is 1. The third-order valence-electron chi connectivity index (χ3n) is 3.18. The van der Waals surface area contributed by atoms with E-state index in [4.69, 9.17) is 11.6 Å². The highest BCUT2D eigenvalue weighted by molar-refractivity contribution is 6.32. The quantitative estimate of drug-likeness (QED) is 0.692. The van der Waals surface area contributed by atoms with Gasteiger partial charge in [0, 0.05) is 36.5 Å². The molecule has 1 heterocycles. The first-order valence-electron chi connectivity index (χ1n) is 6.09. The van der Waals surface area contributed by atoms with Crippen LogP contribution < -0.4 is 5.32 Å². The van der Waals surface area contributed by atoms with E-state index in [1.165, 1.54) is 12.1 Å². The molecule has 0 radical (unpaired) electrons. The zero-order chi connectivity index (χ0) is 15.6. The van der Waals surface area contributed by atoms with Crippen molar-refractivity contribution in [2.75, 3.05) is 0 Å². The van der Waals surface area contributed by atoms with Gasteiger partial charge in [-0.1, -0.05) is 11.6 Å². The number of hydrogen-bond donors (Lipinski definition) is 1. The van der Waals surface area contributed by atoms with Gasteiger partial charge in [-0.2, -0.15) is 5.10 Å². The number of rotatable bonds is 4. The zero-order valence-electron chi connectivity index (χ0n) is 11.5. The Morgan fingerprint density at radius 2 is 2.24 bits per heavy atom. The second-order valence-corrected chi connectivity index (χ2v) is 4.89. The first kappa shape index (κ1) is 15.0. The summed E-state index contributed by atoms with van der Waals surface area (Å²) in [5, 5.41) is 17.6. The van der Waals surface area contributed by atoms with E-state index in [1.54, 1.807) is 10.9 Å². The molecule has 7 nitrogen and oxygen atoms in total. The molecule has 2 rings (SSSR count). The highest BCUT2D eigenvalue weighted by Gasteiger charge is 2.16. The van der Waals surface area contributed by atoms with E-state index in [0.717, 1.165) is 17.3 Å². The van der Waals surface area contributed by atoms with E-state index in [-0.39, 0.29) is 16.3 Å². The van der Waals surface area contributed by atoms with Gasteiger partial charge in [-0.05, 0) is 19.1 Å². The minimum Gasteiger partial charge on any atom is -0.348 e. The van der Waals surface area contributed by atoms with Gasteiger partial charge in [0.25, 0.3) is 11.6 Å². The van der Waals surface area contributed by atoms with E-state index in [1.807, 2.05) is 14.0 Å². The van der Waals surface area contributed by atoms with Gasteiger partial charge in [-0.3, -0.25) is 19.6 Å². The molecule has 1 amide bonds. The number of nitro groups is 1. The average Bonchev–Trinajstić information content (AvgIpc) is 2.76. The van der Waals surface area contributed by atoms with Crippen molar-refractivity contribution in [3.63, 3.8) is 0 Å². The molecule has 21 heavy (non-hydrogen) atoms. The number of hydrogen-bond acceptors (Lipinski definition) is 4. The molecule has 1 aromatic carbocycles. The van der Waals surface area contributed by atoms with Crippen molar-refractivity contribution in [3.05, 3.63) is 56.4 Å². The molecular formula is C13H13ClN4O3.